The van der Waals surface area contributed by atoms with E-state index in [-0.39, 0.29) is 6.61 Å². The van der Waals surface area contributed by atoms with Crippen LogP contribution < -0.4 is 5.73 Å². The van der Waals surface area contributed by atoms with Crippen molar-refractivity contribution in [2.24, 2.45) is 5.73 Å². The Balaban J connectivity index is 0.000000180. The van der Waals surface area contributed by atoms with Crippen molar-refractivity contribution in [1.29, 1.82) is 0 Å². The highest BCUT2D eigenvalue weighted by Crippen LogP contribution is 1.57. The van der Waals surface area contributed by atoms with Gasteiger partial charge in [-0.2, -0.15) is 0 Å². The molecule has 5 nitrogen and oxygen atoms in total. The fourth-order valence-corrected chi connectivity index (χ4v) is 0.205. The van der Waals surface area contributed by atoms with E-state index in [1.807, 2.05) is 0 Å². The lowest BCUT2D eigenvalue weighted by atomic mass is 10.8. The monoisotopic (exact) mass is 142 g/mol. The van der Waals surface area contributed by atoms with Gasteiger partial charge in [0.05, 0.1) is 6.61 Å². The average molecular weight is 142 g/mol. The molecule has 0 saturated heterocycles. The van der Waals surface area contributed by atoms with Crippen LogP contribution in [0.25, 0.3) is 0 Å². The fourth-order valence-electron chi connectivity index (χ4n) is 0.205. The fraction of sp³-hybridized carbons (Fsp3) is 0.400. The van der Waals surface area contributed by atoms with Gasteiger partial charge in [-0.15, -0.1) is 0 Å². The number of rotatable bonds is 1. The molecule has 0 unspecified atom stereocenters. The summed E-state index contributed by atoms with van der Waals surface area (Å²) in [6.07, 6.45) is 4.31. The molecule has 0 aliphatic rings. The normalized spacial score (nSPS) is 7.80. The van der Waals surface area contributed by atoms with Crippen molar-refractivity contribution >= 4 is 0 Å². The maximum atomic E-state index is 7.75. The van der Waals surface area contributed by atoms with Crippen molar-refractivity contribution in [1.82, 2.24) is 15.0 Å². The van der Waals surface area contributed by atoms with Gasteiger partial charge in [-0.25, -0.2) is 15.0 Å². The zero-order valence-electron chi connectivity index (χ0n) is 5.51. The van der Waals surface area contributed by atoms with Crippen LogP contribution in [0.5, 0.6) is 0 Å². The molecule has 56 valence electrons. The molecule has 0 bridgehead atoms. The van der Waals surface area contributed by atoms with Gasteiger partial charge in [-0.1, -0.05) is 0 Å². The van der Waals surface area contributed by atoms with E-state index in [4.69, 9.17) is 10.8 Å². The first kappa shape index (κ1) is 8.93. The Morgan fingerprint density at radius 2 is 1.40 bits per heavy atom. The van der Waals surface area contributed by atoms with Gasteiger partial charge in [0, 0.05) is 6.54 Å². The molecule has 0 radical (unpaired) electrons. The molecule has 0 atom stereocenters. The topological polar surface area (TPSA) is 84.9 Å². The summed E-state index contributed by atoms with van der Waals surface area (Å²) in [5.41, 5.74) is 4.78. The van der Waals surface area contributed by atoms with E-state index in [2.05, 4.69) is 15.0 Å². The minimum atomic E-state index is 0.0972. The average Bonchev–Trinajstić information content (AvgIpc) is 2.08. The number of nitrogens with two attached hydrogens (primary N) is 1. The van der Waals surface area contributed by atoms with Crippen molar-refractivity contribution in [3.05, 3.63) is 19.0 Å². The molecule has 0 spiro atoms. The second kappa shape index (κ2) is 7.93. The van der Waals surface area contributed by atoms with Crippen molar-refractivity contribution < 1.29 is 5.11 Å². The Kier molecular flexibility index (Phi) is 7.08. The summed E-state index contributed by atoms with van der Waals surface area (Å²) in [6.45, 7) is 0.472. The highest BCUT2D eigenvalue weighted by atomic mass is 16.3. The predicted octanol–water partition coefficient (Wildman–Crippen LogP) is -1.19. The van der Waals surface area contributed by atoms with E-state index in [9.17, 15) is 0 Å². The molecule has 0 aliphatic heterocycles. The standard InChI is InChI=1S/C3H3N3.C2H7NO/c1-4-2-6-3-5-1;3-1-2-4/h1-3H;4H,1-3H2. The first-order valence-corrected chi connectivity index (χ1v) is 2.77. The molecular weight excluding hydrogens is 132 g/mol. The van der Waals surface area contributed by atoms with Gasteiger partial charge in [-0.05, 0) is 0 Å². The van der Waals surface area contributed by atoms with Crippen LogP contribution in [0.4, 0.5) is 0 Å². The van der Waals surface area contributed by atoms with Crippen LogP contribution >= 0.6 is 0 Å². The lowest BCUT2D eigenvalue weighted by Crippen LogP contribution is -2.02. The van der Waals surface area contributed by atoms with Crippen molar-refractivity contribution in [3.63, 3.8) is 0 Å². The van der Waals surface area contributed by atoms with E-state index < -0.39 is 0 Å². The van der Waals surface area contributed by atoms with Crippen LogP contribution in [0.3, 0.4) is 0 Å². The third-order valence-corrected chi connectivity index (χ3v) is 0.529. The third-order valence-electron chi connectivity index (χ3n) is 0.529. The lowest BCUT2D eigenvalue weighted by molar-refractivity contribution is 0.306. The molecule has 1 rings (SSSR count). The predicted molar refractivity (Wildman–Crippen MR) is 36.0 cm³/mol. The Hall–Kier alpha value is -1.07. The molecule has 3 N–H and O–H groups in total. The van der Waals surface area contributed by atoms with E-state index in [1.54, 1.807) is 0 Å². The van der Waals surface area contributed by atoms with Crippen molar-refractivity contribution in [2.75, 3.05) is 13.2 Å². The number of nitrogens with zero attached hydrogens (tertiary/aromatic N) is 3. The largest absolute Gasteiger partial charge is 0.395 e. The Bertz CT molecular complexity index is 106. The molecule has 10 heavy (non-hydrogen) atoms. The molecule has 0 aliphatic carbocycles. The van der Waals surface area contributed by atoms with Gasteiger partial charge < -0.3 is 10.8 Å². The smallest absolute Gasteiger partial charge is 0.119 e. The Morgan fingerprint density at radius 3 is 1.50 bits per heavy atom. The van der Waals surface area contributed by atoms with E-state index in [1.165, 1.54) is 19.0 Å². The van der Waals surface area contributed by atoms with Crippen LogP contribution in [0.1, 0.15) is 0 Å². The van der Waals surface area contributed by atoms with Crippen molar-refractivity contribution in [3.8, 4) is 0 Å². The second-order valence-electron chi connectivity index (χ2n) is 1.31. The second-order valence-corrected chi connectivity index (χ2v) is 1.31. The maximum absolute atomic E-state index is 7.75. The summed E-state index contributed by atoms with van der Waals surface area (Å²) >= 11 is 0. The van der Waals surface area contributed by atoms with E-state index in [0.29, 0.717) is 6.54 Å². The number of hydrogen-bond donors (Lipinski definition) is 2. The number of aliphatic hydroxyl groups is 1. The molecule has 0 fully saturated rings. The first-order chi connectivity index (χ1) is 4.91. The number of hydrogen-bond acceptors (Lipinski definition) is 5. The molecule has 1 heterocycles. The molecule has 0 amide bonds. The molecule has 0 saturated carbocycles. The molecular formula is C5H10N4O. The minimum Gasteiger partial charge on any atom is -0.395 e. The van der Waals surface area contributed by atoms with Gasteiger partial charge in [0.2, 0.25) is 0 Å². The van der Waals surface area contributed by atoms with Gasteiger partial charge in [0.15, 0.2) is 0 Å². The van der Waals surface area contributed by atoms with E-state index >= 15 is 0 Å². The Morgan fingerprint density at radius 1 is 1.10 bits per heavy atom. The quantitative estimate of drug-likeness (QED) is 0.515. The van der Waals surface area contributed by atoms with Crippen molar-refractivity contribution in [2.45, 2.75) is 0 Å². The highest BCUT2D eigenvalue weighted by Gasteiger charge is 1.59. The van der Waals surface area contributed by atoms with Crippen LogP contribution in [-0.4, -0.2) is 33.2 Å². The summed E-state index contributed by atoms with van der Waals surface area (Å²) < 4.78 is 0. The summed E-state index contributed by atoms with van der Waals surface area (Å²) in [4.78, 5) is 10.7. The zero-order chi connectivity index (χ0) is 7.66. The van der Waals surface area contributed by atoms with Gasteiger partial charge in [0.1, 0.15) is 19.0 Å². The summed E-state index contributed by atoms with van der Waals surface area (Å²) in [5, 5.41) is 7.75. The summed E-state index contributed by atoms with van der Waals surface area (Å²) in [6, 6.07) is 0. The van der Waals surface area contributed by atoms with Crippen LogP contribution in [0, 0.1) is 0 Å². The summed E-state index contributed by atoms with van der Waals surface area (Å²) in [7, 11) is 0. The van der Waals surface area contributed by atoms with E-state index in [0.717, 1.165) is 0 Å². The molecule has 0 aromatic carbocycles. The van der Waals surface area contributed by atoms with Gasteiger partial charge in [0.25, 0.3) is 0 Å². The van der Waals surface area contributed by atoms with Crippen LogP contribution in [0.2, 0.25) is 0 Å². The Labute approximate surface area is 59.0 Å². The number of aliphatic hydroxyl groups excluding tert-OH is 1. The van der Waals surface area contributed by atoms with Gasteiger partial charge in [-0.3, -0.25) is 0 Å². The lowest BCUT2D eigenvalue weighted by Gasteiger charge is -1.71. The first-order valence-electron chi connectivity index (χ1n) is 2.77. The van der Waals surface area contributed by atoms with Crippen LogP contribution in [0.15, 0.2) is 19.0 Å². The minimum absolute atomic E-state index is 0.0972. The number of aromatic nitrogens is 3. The molecule has 5 heteroatoms. The van der Waals surface area contributed by atoms with Crippen LogP contribution in [-0.2, 0) is 0 Å². The maximum Gasteiger partial charge on any atom is 0.119 e. The third kappa shape index (κ3) is 6.93. The van der Waals surface area contributed by atoms with Gasteiger partial charge >= 0.3 is 0 Å². The zero-order valence-corrected chi connectivity index (χ0v) is 5.51. The molecule has 1 aromatic heterocycles. The highest BCUT2D eigenvalue weighted by molar-refractivity contribution is 4.51. The molecule has 1 aromatic rings. The SMILES string of the molecule is NCCO.c1ncncn1. The summed E-state index contributed by atoms with van der Waals surface area (Å²) in [5.74, 6) is 0.